The average Bonchev–Trinajstić information content (AvgIpc) is 2.51. The standard InChI is InChI=1S/2C5H9NO4.C3H10N2/c2*6-3(5(9)10)1-2-4(7)8;4-2-1-3-5/h2*3H,1-2,6H2,(H,7,8)(H,9,10);1-5H2/t2*3-;/m00./s1. The van der Waals surface area contributed by atoms with Crippen LogP contribution in [0.15, 0.2) is 0 Å². The summed E-state index contributed by atoms with van der Waals surface area (Å²) >= 11 is 0. The predicted molar refractivity (Wildman–Crippen MR) is 72.0 cm³/mol. The molecule has 2 atom stereocenters. The maximum absolute atomic E-state index is 9.92. The third-order valence-corrected chi connectivity index (χ3v) is 2.56. The molecule has 0 amide bonds. The minimum atomic E-state index is -1.33. The van der Waals surface area contributed by atoms with E-state index in [0.717, 1.165) is 13.1 Å². The lowest BCUT2D eigenvalue weighted by atomic mass is 10.2. The normalized spacial score (nSPS) is 11.7. The van der Waals surface area contributed by atoms with Gasteiger partial charge in [-0.25, -0.2) is 0 Å². The first-order valence-electron chi connectivity index (χ1n) is 7.55. The first-order chi connectivity index (χ1) is 11.5. The summed E-state index contributed by atoms with van der Waals surface area (Å²) in [5.41, 5.74) is 13.6. The van der Waals surface area contributed by atoms with Crippen molar-refractivity contribution >= 4 is 23.9 Å². The second kappa shape index (κ2) is 18.1. The average molecular weight is 368 g/mol. The molecule has 0 bridgehead atoms. The van der Waals surface area contributed by atoms with Gasteiger partial charge in [-0.3, -0.25) is 0 Å². The van der Waals surface area contributed by atoms with E-state index in [0.29, 0.717) is 0 Å². The third-order valence-electron chi connectivity index (χ3n) is 2.56. The van der Waals surface area contributed by atoms with Crippen LogP contribution in [0.25, 0.3) is 0 Å². The lowest BCUT2D eigenvalue weighted by Gasteiger charge is -2.08. The Morgan fingerprint density at radius 3 is 1.08 bits per heavy atom. The zero-order valence-corrected chi connectivity index (χ0v) is 14.2. The second-order valence-corrected chi connectivity index (χ2v) is 4.91. The van der Waals surface area contributed by atoms with Crippen molar-refractivity contribution in [2.45, 2.75) is 44.2 Å². The zero-order chi connectivity index (χ0) is 20.4. The number of carbonyl (C=O) groups is 4. The van der Waals surface area contributed by atoms with E-state index in [9.17, 15) is 39.6 Å². The van der Waals surface area contributed by atoms with Crippen molar-refractivity contribution in [1.82, 2.24) is 0 Å². The molecule has 0 rings (SSSR count). The summed E-state index contributed by atoms with van der Waals surface area (Å²) in [4.78, 5) is 39.4. The van der Waals surface area contributed by atoms with Crippen molar-refractivity contribution in [1.29, 1.82) is 0 Å². The number of rotatable bonds is 10. The number of carboxylic acids is 4. The highest BCUT2D eigenvalue weighted by atomic mass is 16.4. The van der Waals surface area contributed by atoms with Crippen LogP contribution in [0.1, 0.15) is 32.1 Å². The fourth-order valence-electron chi connectivity index (χ4n) is 0.997. The van der Waals surface area contributed by atoms with Gasteiger partial charge in [0.2, 0.25) is 0 Å². The molecule has 0 saturated carbocycles. The number of carboxylic acid groups (broad SMARTS) is 4. The van der Waals surface area contributed by atoms with Crippen LogP contribution < -0.4 is 43.4 Å². The molecule has 0 aromatic carbocycles. The third kappa shape index (κ3) is 26.9. The fraction of sp³-hybridized carbons (Fsp3) is 0.692. The van der Waals surface area contributed by atoms with Gasteiger partial charge in [0.25, 0.3) is 0 Å². The molecular formula is C13H28N4O8. The Labute approximate surface area is 144 Å². The highest BCUT2D eigenvalue weighted by Crippen LogP contribution is 1.89. The quantitative estimate of drug-likeness (QED) is 0.286. The van der Waals surface area contributed by atoms with Crippen LogP contribution in [0.3, 0.4) is 0 Å². The monoisotopic (exact) mass is 368 g/mol. The maximum Gasteiger partial charge on any atom is 0.125 e. The molecule has 12 N–H and O–H groups in total. The molecule has 0 saturated heterocycles. The Bertz CT molecular complexity index is 369. The summed E-state index contributed by atoms with van der Waals surface area (Å²) in [5.74, 6) is -5.20. The van der Waals surface area contributed by atoms with Crippen molar-refractivity contribution in [3.05, 3.63) is 0 Å². The van der Waals surface area contributed by atoms with Gasteiger partial charge in [0.15, 0.2) is 0 Å². The molecule has 0 unspecified atom stereocenters. The number of carbonyl (C=O) groups excluding carboxylic acids is 4. The largest absolute Gasteiger partial charge is 0.550 e. The first kappa shape index (κ1) is 27.6. The van der Waals surface area contributed by atoms with Gasteiger partial charge in [-0.05, 0) is 12.8 Å². The van der Waals surface area contributed by atoms with Gasteiger partial charge in [-0.15, -0.1) is 0 Å². The number of hydrogen-bond donors (Lipinski definition) is 4. The van der Waals surface area contributed by atoms with Crippen molar-refractivity contribution < 1.29 is 62.5 Å². The van der Waals surface area contributed by atoms with Crippen LogP contribution in [0.4, 0.5) is 0 Å². The molecule has 25 heavy (non-hydrogen) atoms. The summed E-state index contributed by atoms with van der Waals surface area (Å²) in [5, 5.41) is 39.4. The molecule has 0 aliphatic carbocycles. The zero-order valence-electron chi connectivity index (χ0n) is 14.2. The van der Waals surface area contributed by atoms with E-state index in [1.54, 1.807) is 0 Å². The lowest BCUT2D eigenvalue weighted by Crippen LogP contribution is -2.68. The molecule has 0 aliphatic heterocycles. The highest BCUT2D eigenvalue weighted by Gasteiger charge is 2.06. The van der Waals surface area contributed by atoms with Crippen LogP contribution in [-0.4, -0.2) is 49.1 Å². The molecule has 0 spiro atoms. The van der Waals surface area contributed by atoms with Crippen molar-refractivity contribution in [2.75, 3.05) is 13.1 Å². The summed E-state index contributed by atoms with van der Waals surface area (Å²) in [6.45, 7) is 2.06. The van der Waals surface area contributed by atoms with Crippen molar-refractivity contribution in [2.24, 2.45) is 0 Å². The Balaban J connectivity index is -0.000000308. The van der Waals surface area contributed by atoms with Gasteiger partial charge in [-0.1, -0.05) is 0 Å². The van der Waals surface area contributed by atoms with Crippen molar-refractivity contribution in [3.8, 4) is 0 Å². The summed E-state index contributed by atoms with van der Waals surface area (Å²) in [7, 11) is 0. The van der Waals surface area contributed by atoms with Crippen LogP contribution in [0.2, 0.25) is 0 Å². The van der Waals surface area contributed by atoms with Crippen LogP contribution in [0, 0.1) is 0 Å². The Kier molecular flexibility index (Phi) is 19.9. The summed E-state index contributed by atoms with van der Waals surface area (Å²) < 4.78 is 0. The van der Waals surface area contributed by atoms with Crippen LogP contribution >= 0.6 is 0 Å². The first-order valence-corrected chi connectivity index (χ1v) is 7.55. The van der Waals surface area contributed by atoms with Gasteiger partial charge in [0.05, 0.1) is 25.0 Å². The predicted octanol–water partition coefficient (Wildman–Crippen LogP) is -10.4. The van der Waals surface area contributed by atoms with Gasteiger partial charge >= 0.3 is 0 Å². The lowest BCUT2D eigenvalue weighted by molar-refractivity contribution is -0.438. The van der Waals surface area contributed by atoms with E-state index in [2.05, 4.69) is 22.9 Å². The van der Waals surface area contributed by atoms with Crippen LogP contribution in [0.5, 0.6) is 0 Å². The highest BCUT2D eigenvalue weighted by molar-refractivity contribution is 5.71. The fourth-order valence-corrected chi connectivity index (χ4v) is 0.997. The molecule has 148 valence electrons. The minimum Gasteiger partial charge on any atom is -0.550 e. The van der Waals surface area contributed by atoms with E-state index in [1.165, 1.54) is 6.42 Å². The van der Waals surface area contributed by atoms with E-state index in [-0.39, 0.29) is 25.7 Å². The van der Waals surface area contributed by atoms with E-state index < -0.39 is 36.0 Å². The minimum absolute atomic E-state index is 0.0370. The van der Waals surface area contributed by atoms with Crippen LogP contribution in [-0.2, 0) is 19.2 Å². The van der Waals surface area contributed by atoms with Gasteiger partial charge < -0.3 is 62.5 Å². The van der Waals surface area contributed by atoms with E-state index >= 15 is 0 Å². The molecule has 0 aromatic rings. The van der Waals surface area contributed by atoms with E-state index in [1.807, 2.05) is 0 Å². The van der Waals surface area contributed by atoms with Crippen molar-refractivity contribution in [3.63, 3.8) is 0 Å². The Hall–Kier alpha value is -2.28. The Morgan fingerprint density at radius 2 is 0.960 bits per heavy atom. The molecular weight excluding hydrogens is 340 g/mol. The Morgan fingerprint density at radius 1 is 0.680 bits per heavy atom. The number of quaternary nitrogens is 4. The number of aliphatic carboxylic acids is 4. The smallest absolute Gasteiger partial charge is 0.125 e. The second-order valence-electron chi connectivity index (χ2n) is 4.91. The maximum atomic E-state index is 9.92. The van der Waals surface area contributed by atoms with Gasteiger partial charge in [0, 0.05) is 31.2 Å². The molecule has 0 aromatic heterocycles. The molecule has 0 aliphatic rings. The molecule has 12 nitrogen and oxygen atoms in total. The SMILES string of the molecule is [NH3+]CCC[NH3+].[NH3+][C@@H](CCC(=O)[O-])C(=O)[O-].[NH3+][C@@H](CCC(=O)[O-])C(=O)[O-]. The molecule has 12 heteroatoms. The molecule has 0 fully saturated rings. The topological polar surface area (TPSA) is 271 Å². The molecule has 0 radical (unpaired) electrons. The van der Waals surface area contributed by atoms with Gasteiger partial charge in [0.1, 0.15) is 12.1 Å². The summed E-state index contributed by atoms with van der Waals surface area (Å²) in [6.07, 6.45) is 0.514. The number of hydrogen-bond acceptors (Lipinski definition) is 8. The van der Waals surface area contributed by atoms with Gasteiger partial charge in [-0.2, -0.15) is 0 Å². The van der Waals surface area contributed by atoms with E-state index in [4.69, 9.17) is 0 Å². The molecule has 0 heterocycles. The summed E-state index contributed by atoms with van der Waals surface area (Å²) in [6, 6.07) is -1.92.